The molecule has 0 heteroatoms. The molecule has 0 nitrogen and oxygen atoms in total. The Kier molecular flexibility index (Phi) is 5.68. The number of hydrogen-bond acceptors (Lipinski definition) is 0. The first-order valence-corrected chi connectivity index (χ1v) is 11.8. The fourth-order valence-corrected chi connectivity index (χ4v) is 6.64. The van der Waals surface area contributed by atoms with Gasteiger partial charge in [0.2, 0.25) is 0 Å². The number of rotatable bonds is 6. The molecule has 0 saturated heterocycles. The summed E-state index contributed by atoms with van der Waals surface area (Å²) >= 11 is 0. The van der Waals surface area contributed by atoms with Crippen LogP contribution in [0.15, 0.2) is 48.5 Å². The van der Waals surface area contributed by atoms with Crippen LogP contribution in [-0.2, 0) is 5.41 Å². The third-order valence-electron chi connectivity index (χ3n) is 7.94. The summed E-state index contributed by atoms with van der Waals surface area (Å²) in [6.07, 6.45) is 9.51. The van der Waals surface area contributed by atoms with E-state index in [4.69, 9.17) is 0 Å². The Balaban J connectivity index is 1.92. The quantitative estimate of drug-likeness (QED) is 0.446. The van der Waals surface area contributed by atoms with Gasteiger partial charge in [-0.1, -0.05) is 102 Å². The molecule has 0 spiro atoms. The van der Waals surface area contributed by atoms with Gasteiger partial charge in [-0.3, -0.25) is 0 Å². The average molecular weight is 375 g/mol. The zero-order valence-electron chi connectivity index (χ0n) is 18.4. The Morgan fingerprint density at radius 1 is 0.893 bits per heavy atom. The normalized spacial score (nSPS) is 25.5. The molecule has 4 rings (SSSR count). The van der Waals surface area contributed by atoms with E-state index >= 15 is 0 Å². The fourth-order valence-electron chi connectivity index (χ4n) is 6.64. The van der Waals surface area contributed by atoms with Gasteiger partial charge in [0.25, 0.3) is 0 Å². The van der Waals surface area contributed by atoms with Crippen LogP contribution in [0.5, 0.6) is 0 Å². The van der Waals surface area contributed by atoms with E-state index < -0.39 is 0 Å². The van der Waals surface area contributed by atoms with Gasteiger partial charge in [0.1, 0.15) is 0 Å². The summed E-state index contributed by atoms with van der Waals surface area (Å²) in [4.78, 5) is 0. The molecule has 0 radical (unpaired) electrons. The molecule has 28 heavy (non-hydrogen) atoms. The molecule has 0 aliphatic heterocycles. The van der Waals surface area contributed by atoms with Gasteiger partial charge in [-0.05, 0) is 65.2 Å². The Labute approximate surface area is 172 Å². The van der Waals surface area contributed by atoms with Gasteiger partial charge in [-0.25, -0.2) is 0 Å². The minimum Gasteiger partial charge on any atom is -0.0654 e. The highest BCUT2D eigenvalue weighted by Crippen LogP contribution is 2.60. The molecule has 0 amide bonds. The van der Waals surface area contributed by atoms with Crippen molar-refractivity contribution in [2.24, 2.45) is 23.7 Å². The molecule has 2 aromatic carbocycles. The van der Waals surface area contributed by atoms with Crippen LogP contribution < -0.4 is 0 Å². The van der Waals surface area contributed by atoms with E-state index in [-0.39, 0.29) is 5.41 Å². The van der Waals surface area contributed by atoms with E-state index in [1.54, 1.807) is 11.1 Å². The molecular weight excluding hydrogens is 336 g/mol. The van der Waals surface area contributed by atoms with Crippen molar-refractivity contribution < 1.29 is 0 Å². The molecular formula is C28H38. The lowest BCUT2D eigenvalue weighted by molar-refractivity contribution is 0.0826. The Bertz CT molecular complexity index is 754. The van der Waals surface area contributed by atoms with Crippen LogP contribution in [0, 0.1) is 23.7 Å². The van der Waals surface area contributed by atoms with Crippen LogP contribution in [-0.4, -0.2) is 0 Å². The Hall–Kier alpha value is -1.56. The Morgan fingerprint density at radius 3 is 2.07 bits per heavy atom. The summed E-state index contributed by atoms with van der Waals surface area (Å²) in [5.41, 5.74) is 6.51. The lowest BCUT2D eigenvalue weighted by Gasteiger charge is -2.49. The maximum atomic E-state index is 2.50. The van der Waals surface area contributed by atoms with Crippen LogP contribution in [0.2, 0.25) is 0 Å². The number of benzene rings is 2. The molecule has 0 heterocycles. The fraction of sp³-hybridized carbons (Fsp3) is 0.571. The monoisotopic (exact) mass is 374 g/mol. The molecule has 1 unspecified atom stereocenters. The minimum atomic E-state index is 0.214. The van der Waals surface area contributed by atoms with Crippen LogP contribution >= 0.6 is 0 Å². The zero-order valence-corrected chi connectivity index (χ0v) is 18.4. The highest BCUT2D eigenvalue weighted by molar-refractivity contribution is 5.81. The van der Waals surface area contributed by atoms with E-state index in [9.17, 15) is 0 Å². The van der Waals surface area contributed by atoms with Crippen molar-refractivity contribution in [3.05, 3.63) is 59.7 Å². The second-order valence-electron chi connectivity index (χ2n) is 9.95. The van der Waals surface area contributed by atoms with Crippen molar-refractivity contribution >= 4 is 0 Å². The summed E-state index contributed by atoms with van der Waals surface area (Å²) in [7, 11) is 0. The van der Waals surface area contributed by atoms with Crippen molar-refractivity contribution in [2.45, 2.75) is 78.1 Å². The van der Waals surface area contributed by atoms with Crippen molar-refractivity contribution in [2.75, 3.05) is 0 Å². The highest BCUT2D eigenvalue weighted by atomic mass is 14.5. The van der Waals surface area contributed by atoms with E-state index in [1.807, 2.05) is 0 Å². The minimum absolute atomic E-state index is 0.214. The molecule has 150 valence electrons. The first-order chi connectivity index (χ1) is 13.6. The third kappa shape index (κ3) is 3.14. The van der Waals surface area contributed by atoms with Crippen molar-refractivity contribution in [3.8, 4) is 11.1 Å². The second kappa shape index (κ2) is 8.05. The van der Waals surface area contributed by atoms with Crippen LogP contribution in [0.4, 0.5) is 0 Å². The third-order valence-corrected chi connectivity index (χ3v) is 7.94. The molecule has 1 fully saturated rings. The van der Waals surface area contributed by atoms with Gasteiger partial charge in [-0.15, -0.1) is 0 Å². The molecule has 0 aromatic heterocycles. The summed E-state index contributed by atoms with van der Waals surface area (Å²) in [5.74, 6) is 3.21. The van der Waals surface area contributed by atoms with E-state index in [1.165, 1.54) is 56.1 Å². The topological polar surface area (TPSA) is 0 Å². The highest BCUT2D eigenvalue weighted by Gasteiger charge is 2.51. The standard InChI is InChI=1S/C28H38/c1-5-6-11-18-28(27-19-21(4)16-17-22(27)20(2)3)25-14-9-7-12-23(25)24-13-8-10-15-26(24)28/h7-10,12-15,20-22,27H,5-6,11,16-19H2,1-4H3/t21-,22+,27?/m1/s1. The van der Waals surface area contributed by atoms with Gasteiger partial charge in [0.05, 0.1) is 0 Å². The van der Waals surface area contributed by atoms with Crippen molar-refractivity contribution in [1.82, 2.24) is 0 Å². The summed E-state index contributed by atoms with van der Waals surface area (Å²) in [6, 6.07) is 18.8. The van der Waals surface area contributed by atoms with Crippen LogP contribution in [0.1, 0.15) is 83.8 Å². The maximum absolute atomic E-state index is 2.50. The number of fused-ring (bicyclic) bond motifs is 3. The van der Waals surface area contributed by atoms with E-state index in [0.717, 1.165) is 23.7 Å². The van der Waals surface area contributed by atoms with Crippen LogP contribution in [0.25, 0.3) is 11.1 Å². The largest absolute Gasteiger partial charge is 0.0654 e. The van der Waals surface area contributed by atoms with Gasteiger partial charge >= 0.3 is 0 Å². The lowest BCUT2D eigenvalue weighted by Crippen LogP contribution is -2.44. The average Bonchev–Trinajstić information content (AvgIpc) is 2.99. The SMILES string of the molecule is CCCCCC1(C2C[C@H](C)CC[C@H]2C(C)C)c2ccccc2-c2ccccc21. The first-order valence-electron chi connectivity index (χ1n) is 11.8. The van der Waals surface area contributed by atoms with E-state index in [0.29, 0.717) is 0 Å². The molecule has 2 aliphatic carbocycles. The molecule has 1 saturated carbocycles. The molecule has 2 aliphatic rings. The van der Waals surface area contributed by atoms with Gasteiger partial charge in [0, 0.05) is 5.41 Å². The summed E-state index contributed by atoms with van der Waals surface area (Å²) < 4.78 is 0. The number of unbranched alkanes of at least 4 members (excludes halogenated alkanes) is 2. The summed E-state index contributed by atoms with van der Waals surface area (Å²) in [6.45, 7) is 9.78. The molecule has 2 aromatic rings. The predicted molar refractivity (Wildman–Crippen MR) is 122 cm³/mol. The van der Waals surface area contributed by atoms with E-state index in [2.05, 4.69) is 76.2 Å². The summed E-state index contributed by atoms with van der Waals surface area (Å²) in [5, 5.41) is 0. The lowest BCUT2D eigenvalue weighted by atomic mass is 9.54. The predicted octanol–water partition coefficient (Wildman–Crippen LogP) is 8.24. The second-order valence-corrected chi connectivity index (χ2v) is 9.95. The number of hydrogen-bond donors (Lipinski definition) is 0. The first kappa shape index (κ1) is 19.7. The zero-order chi connectivity index (χ0) is 19.7. The van der Waals surface area contributed by atoms with Crippen molar-refractivity contribution in [1.29, 1.82) is 0 Å². The van der Waals surface area contributed by atoms with Gasteiger partial charge < -0.3 is 0 Å². The van der Waals surface area contributed by atoms with Crippen molar-refractivity contribution in [3.63, 3.8) is 0 Å². The Morgan fingerprint density at radius 2 is 1.50 bits per heavy atom. The van der Waals surface area contributed by atoms with Gasteiger partial charge in [-0.2, -0.15) is 0 Å². The molecule has 0 bridgehead atoms. The maximum Gasteiger partial charge on any atom is 0.0246 e. The molecule has 3 atom stereocenters. The smallest absolute Gasteiger partial charge is 0.0246 e. The molecule has 0 N–H and O–H groups in total. The van der Waals surface area contributed by atoms with Crippen LogP contribution in [0.3, 0.4) is 0 Å². The van der Waals surface area contributed by atoms with Gasteiger partial charge in [0.15, 0.2) is 0 Å².